The molecule has 0 heterocycles. The Balaban J connectivity index is 0.00000144. The largest absolute Gasteiger partial charge is 0.309 e. The van der Waals surface area contributed by atoms with Crippen molar-refractivity contribution in [3.05, 3.63) is 54.1 Å². The molecule has 2 nitrogen and oxygen atoms in total. The van der Waals surface area contributed by atoms with Crippen molar-refractivity contribution in [3.63, 3.8) is 0 Å². The van der Waals surface area contributed by atoms with Gasteiger partial charge in [0.1, 0.15) is 0 Å². The highest BCUT2D eigenvalue weighted by Crippen LogP contribution is 2.36. The summed E-state index contributed by atoms with van der Waals surface area (Å²) >= 11 is 0. The summed E-state index contributed by atoms with van der Waals surface area (Å²) in [6.45, 7) is 4.11. The van der Waals surface area contributed by atoms with Gasteiger partial charge in [-0.15, -0.1) is 12.4 Å². The molecule has 2 rings (SSSR count). The smallest absolute Gasteiger partial charge is 0.0919 e. The van der Waals surface area contributed by atoms with E-state index >= 15 is 0 Å². The lowest BCUT2D eigenvalue weighted by molar-refractivity contribution is 0.290. The fraction of sp³-hybridized carbons (Fsp3) is 0.286. The molecule has 1 aliphatic carbocycles. The van der Waals surface area contributed by atoms with Gasteiger partial charge in [-0.25, -0.2) is 0 Å². The third kappa shape index (κ3) is 2.60. The molecule has 1 aromatic carbocycles. The number of benzene rings is 1. The van der Waals surface area contributed by atoms with Crippen LogP contribution in [0.15, 0.2) is 48.6 Å². The Morgan fingerprint density at radius 3 is 2.12 bits per heavy atom. The number of allylic oxidation sites excluding steroid dienone is 2. The van der Waals surface area contributed by atoms with Crippen LogP contribution in [0, 0.1) is 5.41 Å². The molecular formula is C14H19ClN2. The monoisotopic (exact) mass is 250 g/mol. The number of hydrogen-bond donors (Lipinski definition) is 2. The molecule has 0 bridgehead atoms. The summed E-state index contributed by atoms with van der Waals surface area (Å²) in [6.07, 6.45) is 6.03. The van der Waals surface area contributed by atoms with Crippen LogP contribution in [0.1, 0.15) is 19.4 Å². The van der Waals surface area contributed by atoms with Crippen molar-refractivity contribution >= 4 is 18.0 Å². The molecule has 0 amide bonds. The molecule has 17 heavy (non-hydrogen) atoms. The van der Waals surface area contributed by atoms with Gasteiger partial charge in [-0.1, -0.05) is 56.3 Å². The first-order chi connectivity index (χ1) is 7.42. The van der Waals surface area contributed by atoms with Crippen LogP contribution in [0.4, 0.5) is 0 Å². The molecule has 4 N–H and O–H groups in total. The molecular weight excluding hydrogens is 232 g/mol. The van der Waals surface area contributed by atoms with Crippen LogP contribution < -0.4 is 11.5 Å². The van der Waals surface area contributed by atoms with Gasteiger partial charge in [0, 0.05) is 5.41 Å². The highest BCUT2D eigenvalue weighted by Gasteiger charge is 2.36. The lowest BCUT2D eigenvalue weighted by atomic mass is 9.74. The molecule has 0 saturated carbocycles. The van der Waals surface area contributed by atoms with Crippen LogP contribution in [-0.4, -0.2) is 5.66 Å². The van der Waals surface area contributed by atoms with Gasteiger partial charge in [0.15, 0.2) is 0 Å². The maximum Gasteiger partial charge on any atom is 0.0919 e. The summed E-state index contributed by atoms with van der Waals surface area (Å²) in [7, 11) is 0. The molecule has 0 saturated heterocycles. The van der Waals surface area contributed by atoms with Crippen molar-refractivity contribution in [2.45, 2.75) is 19.5 Å². The van der Waals surface area contributed by atoms with Gasteiger partial charge in [0.05, 0.1) is 5.66 Å². The van der Waals surface area contributed by atoms with Crippen molar-refractivity contribution in [1.29, 1.82) is 0 Å². The lowest BCUT2D eigenvalue weighted by Gasteiger charge is -2.39. The molecule has 3 heteroatoms. The van der Waals surface area contributed by atoms with Gasteiger partial charge in [-0.2, -0.15) is 0 Å². The lowest BCUT2D eigenvalue weighted by Crippen LogP contribution is -2.58. The molecule has 0 radical (unpaired) electrons. The topological polar surface area (TPSA) is 52.0 Å². The summed E-state index contributed by atoms with van der Waals surface area (Å²) < 4.78 is 0. The van der Waals surface area contributed by atoms with Crippen LogP contribution in [0.5, 0.6) is 0 Å². The van der Waals surface area contributed by atoms with E-state index in [1.165, 1.54) is 11.1 Å². The number of halogens is 1. The van der Waals surface area contributed by atoms with E-state index in [0.717, 1.165) is 0 Å². The van der Waals surface area contributed by atoms with Crippen molar-refractivity contribution in [2.24, 2.45) is 16.9 Å². The van der Waals surface area contributed by atoms with Crippen LogP contribution in [0.25, 0.3) is 5.57 Å². The fourth-order valence-electron chi connectivity index (χ4n) is 1.81. The zero-order valence-electron chi connectivity index (χ0n) is 10.2. The van der Waals surface area contributed by atoms with Crippen LogP contribution in [0.3, 0.4) is 0 Å². The molecule has 0 spiro atoms. The SMILES string of the molecule is CC1(C)C=C(c2ccccc2)C=CC1(N)N.Cl. The number of rotatable bonds is 1. The Hall–Kier alpha value is -1.09. The minimum Gasteiger partial charge on any atom is -0.309 e. The highest BCUT2D eigenvalue weighted by atomic mass is 35.5. The first kappa shape index (κ1) is 14.0. The quantitative estimate of drug-likeness (QED) is 0.753. The minimum atomic E-state index is -0.773. The van der Waals surface area contributed by atoms with Crippen LogP contribution in [-0.2, 0) is 0 Å². The van der Waals surface area contributed by atoms with E-state index in [-0.39, 0.29) is 17.8 Å². The minimum absolute atomic E-state index is 0. The maximum atomic E-state index is 6.04. The Kier molecular flexibility index (Phi) is 3.82. The summed E-state index contributed by atoms with van der Waals surface area (Å²) in [6, 6.07) is 10.3. The first-order valence-electron chi connectivity index (χ1n) is 5.48. The Bertz CT molecular complexity index is 445. The maximum absolute atomic E-state index is 6.04. The Morgan fingerprint density at radius 2 is 1.59 bits per heavy atom. The van der Waals surface area contributed by atoms with E-state index in [2.05, 4.69) is 32.1 Å². The second-order valence-electron chi connectivity index (χ2n) is 4.95. The molecule has 1 aliphatic rings. The van der Waals surface area contributed by atoms with Crippen LogP contribution >= 0.6 is 12.4 Å². The Morgan fingerprint density at radius 1 is 1.00 bits per heavy atom. The molecule has 0 fully saturated rings. The molecule has 0 aromatic heterocycles. The first-order valence-corrected chi connectivity index (χ1v) is 5.48. The third-order valence-corrected chi connectivity index (χ3v) is 3.28. The van der Waals surface area contributed by atoms with Crippen LogP contribution in [0.2, 0.25) is 0 Å². The number of hydrogen-bond acceptors (Lipinski definition) is 2. The average molecular weight is 251 g/mol. The van der Waals surface area contributed by atoms with Crippen molar-refractivity contribution in [2.75, 3.05) is 0 Å². The molecule has 92 valence electrons. The highest BCUT2D eigenvalue weighted by molar-refractivity contribution is 5.85. The van der Waals surface area contributed by atoms with Gasteiger partial charge in [-0.3, -0.25) is 0 Å². The van der Waals surface area contributed by atoms with Crippen molar-refractivity contribution < 1.29 is 0 Å². The molecule has 1 aromatic rings. The predicted molar refractivity (Wildman–Crippen MR) is 75.7 cm³/mol. The second kappa shape index (κ2) is 4.65. The summed E-state index contributed by atoms with van der Waals surface area (Å²) in [5.74, 6) is 0. The normalized spacial score (nSPS) is 20.4. The van der Waals surface area contributed by atoms with Crippen molar-refractivity contribution in [1.82, 2.24) is 0 Å². The fourth-order valence-corrected chi connectivity index (χ4v) is 1.81. The number of nitrogens with two attached hydrogens (primary N) is 2. The van der Waals surface area contributed by atoms with E-state index in [1.54, 1.807) is 0 Å². The van der Waals surface area contributed by atoms with Gasteiger partial charge >= 0.3 is 0 Å². The van der Waals surface area contributed by atoms with E-state index in [4.69, 9.17) is 11.5 Å². The zero-order chi connectivity index (χ0) is 11.8. The summed E-state index contributed by atoms with van der Waals surface area (Å²) in [4.78, 5) is 0. The molecule has 0 atom stereocenters. The second-order valence-corrected chi connectivity index (χ2v) is 4.95. The standard InChI is InChI=1S/C14H18N2.ClH/c1-13(2)10-12(8-9-14(13,15)16)11-6-4-3-5-7-11;/h3-10H,15-16H2,1-2H3;1H. The third-order valence-electron chi connectivity index (χ3n) is 3.28. The Labute approximate surface area is 109 Å². The molecule has 0 unspecified atom stereocenters. The van der Waals surface area contributed by atoms with E-state index < -0.39 is 5.66 Å². The summed E-state index contributed by atoms with van der Waals surface area (Å²) in [5, 5.41) is 0. The summed E-state index contributed by atoms with van der Waals surface area (Å²) in [5.41, 5.74) is 13.4. The van der Waals surface area contributed by atoms with E-state index in [1.807, 2.05) is 30.4 Å². The molecule has 0 aliphatic heterocycles. The van der Waals surface area contributed by atoms with E-state index in [9.17, 15) is 0 Å². The van der Waals surface area contributed by atoms with Crippen molar-refractivity contribution in [3.8, 4) is 0 Å². The van der Waals surface area contributed by atoms with Gasteiger partial charge in [0.2, 0.25) is 0 Å². The van der Waals surface area contributed by atoms with Gasteiger partial charge < -0.3 is 11.5 Å². The average Bonchev–Trinajstić information content (AvgIpc) is 2.23. The predicted octanol–water partition coefficient (Wildman–Crippen LogP) is 2.70. The van der Waals surface area contributed by atoms with Gasteiger partial charge in [0.25, 0.3) is 0 Å². The van der Waals surface area contributed by atoms with E-state index in [0.29, 0.717) is 0 Å². The zero-order valence-corrected chi connectivity index (χ0v) is 11.0. The van der Waals surface area contributed by atoms with Gasteiger partial charge in [-0.05, 0) is 17.2 Å².